The maximum atomic E-state index is 12.4. The van der Waals surface area contributed by atoms with Crippen molar-refractivity contribution in [1.82, 2.24) is 15.0 Å². The minimum absolute atomic E-state index is 0.129. The van der Waals surface area contributed by atoms with Gasteiger partial charge in [0.25, 0.3) is 5.91 Å². The number of aryl methyl sites for hydroxylation is 1. The van der Waals surface area contributed by atoms with Gasteiger partial charge in [-0.15, -0.1) is 0 Å². The van der Waals surface area contributed by atoms with Crippen LogP contribution in [0.3, 0.4) is 0 Å². The molecule has 0 radical (unpaired) electrons. The number of thiophene rings is 1. The lowest BCUT2D eigenvalue weighted by molar-refractivity contribution is -0.116. The van der Waals surface area contributed by atoms with Crippen molar-refractivity contribution in [2.75, 3.05) is 18.4 Å². The van der Waals surface area contributed by atoms with Crippen molar-refractivity contribution in [3.63, 3.8) is 0 Å². The average Bonchev–Trinajstić information content (AvgIpc) is 3.39. The summed E-state index contributed by atoms with van der Waals surface area (Å²) in [6.45, 7) is 5.04. The summed E-state index contributed by atoms with van der Waals surface area (Å²) in [6.07, 6.45) is 0.512. The van der Waals surface area contributed by atoms with Crippen molar-refractivity contribution in [1.29, 1.82) is 0 Å². The average molecular weight is 433 g/mol. The first-order valence-corrected chi connectivity index (χ1v) is 10.6. The van der Waals surface area contributed by atoms with Gasteiger partial charge in [0.05, 0.1) is 10.6 Å². The van der Waals surface area contributed by atoms with Crippen LogP contribution in [0.25, 0.3) is 11.4 Å². The monoisotopic (exact) mass is 432 g/mol. The number of hydrogen-bond donors (Lipinski definition) is 1. The maximum absolute atomic E-state index is 12.4. The molecule has 0 saturated carbocycles. The molecule has 0 atom stereocenters. The molecular formula is C20H21ClN4O3S. The summed E-state index contributed by atoms with van der Waals surface area (Å²) < 4.78 is 5.19. The fourth-order valence-corrected chi connectivity index (χ4v) is 3.65. The van der Waals surface area contributed by atoms with Crippen LogP contribution >= 0.6 is 22.9 Å². The zero-order valence-electron chi connectivity index (χ0n) is 16.1. The Morgan fingerprint density at radius 1 is 1.24 bits per heavy atom. The van der Waals surface area contributed by atoms with E-state index < -0.39 is 0 Å². The van der Waals surface area contributed by atoms with E-state index in [2.05, 4.69) is 15.5 Å². The van der Waals surface area contributed by atoms with Crippen molar-refractivity contribution >= 4 is 40.4 Å². The number of anilines is 1. The van der Waals surface area contributed by atoms with Crippen LogP contribution < -0.4 is 5.32 Å². The number of aromatic nitrogens is 2. The Kier molecular flexibility index (Phi) is 7.00. The lowest BCUT2D eigenvalue weighted by atomic mass is 10.1. The summed E-state index contributed by atoms with van der Waals surface area (Å²) in [6, 6.07) is 6.79. The standard InChI is InChI=1S/C20H21ClN4O3S/c1-3-25(4-2)20(27)15-6-5-14(11-16(15)21)22-17(26)7-8-18-23-19(24-28-18)13-9-10-29-12-13/h5-6,9-12H,3-4,7-8H2,1-2H3,(H,22,26). The van der Waals surface area contributed by atoms with Gasteiger partial charge in [-0.3, -0.25) is 9.59 Å². The molecule has 29 heavy (non-hydrogen) atoms. The number of nitrogens with one attached hydrogen (secondary N) is 1. The van der Waals surface area contributed by atoms with Crippen molar-refractivity contribution in [2.24, 2.45) is 0 Å². The molecule has 3 rings (SSSR count). The van der Waals surface area contributed by atoms with Gasteiger partial charge in [-0.2, -0.15) is 16.3 Å². The summed E-state index contributed by atoms with van der Waals surface area (Å²) in [5.74, 6) is 0.580. The molecule has 3 aromatic rings. The molecule has 0 saturated heterocycles. The number of hydrogen-bond acceptors (Lipinski definition) is 6. The Bertz CT molecular complexity index is 984. The molecule has 0 fully saturated rings. The van der Waals surface area contributed by atoms with E-state index in [1.54, 1.807) is 34.4 Å². The first-order valence-electron chi connectivity index (χ1n) is 9.25. The van der Waals surface area contributed by atoms with Crippen LogP contribution in [0, 0.1) is 0 Å². The molecular weight excluding hydrogens is 412 g/mol. The number of carbonyl (C=O) groups excluding carboxylic acids is 2. The highest BCUT2D eigenvalue weighted by Crippen LogP contribution is 2.23. The lowest BCUT2D eigenvalue weighted by Crippen LogP contribution is -2.30. The highest BCUT2D eigenvalue weighted by molar-refractivity contribution is 7.08. The van der Waals surface area contributed by atoms with Crippen LogP contribution in [0.2, 0.25) is 5.02 Å². The van der Waals surface area contributed by atoms with Crippen molar-refractivity contribution < 1.29 is 14.1 Å². The third-order valence-corrected chi connectivity index (χ3v) is 5.34. The molecule has 0 aliphatic heterocycles. The second-order valence-corrected chi connectivity index (χ2v) is 7.43. The van der Waals surface area contributed by atoms with Gasteiger partial charge < -0.3 is 14.7 Å². The van der Waals surface area contributed by atoms with Gasteiger partial charge in [0, 0.05) is 42.6 Å². The molecule has 1 N–H and O–H groups in total. The zero-order chi connectivity index (χ0) is 20.8. The normalized spacial score (nSPS) is 10.7. The Labute approximate surface area is 177 Å². The maximum Gasteiger partial charge on any atom is 0.255 e. The molecule has 2 heterocycles. The van der Waals surface area contributed by atoms with Crippen molar-refractivity contribution in [2.45, 2.75) is 26.7 Å². The van der Waals surface area contributed by atoms with Crippen LogP contribution in [0.1, 0.15) is 36.5 Å². The largest absolute Gasteiger partial charge is 0.339 e. The Balaban J connectivity index is 1.57. The summed E-state index contributed by atoms with van der Waals surface area (Å²) in [7, 11) is 0. The third kappa shape index (κ3) is 5.21. The van der Waals surface area contributed by atoms with E-state index in [1.165, 1.54) is 0 Å². The molecule has 0 unspecified atom stereocenters. The first kappa shape index (κ1) is 21.0. The Morgan fingerprint density at radius 3 is 2.69 bits per heavy atom. The molecule has 0 aliphatic carbocycles. The molecule has 7 nitrogen and oxygen atoms in total. The second-order valence-electron chi connectivity index (χ2n) is 6.24. The highest BCUT2D eigenvalue weighted by atomic mass is 35.5. The van der Waals surface area contributed by atoms with Gasteiger partial charge in [-0.05, 0) is 43.5 Å². The van der Waals surface area contributed by atoms with Gasteiger partial charge >= 0.3 is 0 Å². The predicted molar refractivity (Wildman–Crippen MR) is 113 cm³/mol. The number of amides is 2. The van der Waals surface area contributed by atoms with E-state index in [0.717, 1.165) is 5.56 Å². The summed E-state index contributed by atoms with van der Waals surface area (Å²) in [4.78, 5) is 30.7. The summed E-state index contributed by atoms with van der Waals surface area (Å²) in [5.41, 5.74) is 1.84. The fourth-order valence-electron chi connectivity index (χ4n) is 2.76. The topological polar surface area (TPSA) is 88.3 Å². The van der Waals surface area contributed by atoms with Crippen molar-refractivity contribution in [3.05, 3.63) is 51.5 Å². The smallest absolute Gasteiger partial charge is 0.255 e. The summed E-state index contributed by atoms with van der Waals surface area (Å²) >= 11 is 7.81. The first-order chi connectivity index (χ1) is 14.0. The van der Waals surface area contributed by atoms with E-state index in [9.17, 15) is 9.59 Å². The van der Waals surface area contributed by atoms with E-state index in [-0.39, 0.29) is 18.2 Å². The zero-order valence-corrected chi connectivity index (χ0v) is 17.7. The molecule has 0 spiro atoms. The predicted octanol–water partition coefficient (Wildman–Crippen LogP) is 4.50. The van der Waals surface area contributed by atoms with E-state index in [0.29, 0.717) is 47.5 Å². The Hall–Kier alpha value is -2.71. The quantitative estimate of drug-likeness (QED) is 0.566. The molecule has 9 heteroatoms. The van der Waals surface area contributed by atoms with Gasteiger partial charge in [-0.25, -0.2) is 0 Å². The highest BCUT2D eigenvalue weighted by Gasteiger charge is 2.17. The number of nitrogens with zero attached hydrogens (tertiary/aromatic N) is 3. The van der Waals surface area contributed by atoms with Crippen LogP contribution in [0.4, 0.5) is 5.69 Å². The fraction of sp³-hybridized carbons (Fsp3) is 0.300. The molecule has 2 amide bonds. The molecule has 152 valence electrons. The minimum atomic E-state index is -0.209. The van der Waals surface area contributed by atoms with Gasteiger partial charge in [0.2, 0.25) is 17.6 Å². The molecule has 1 aromatic carbocycles. The van der Waals surface area contributed by atoms with E-state index >= 15 is 0 Å². The SMILES string of the molecule is CCN(CC)C(=O)c1ccc(NC(=O)CCc2nc(-c3ccsc3)no2)cc1Cl. The van der Waals surface area contributed by atoms with Gasteiger partial charge in [0.1, 0.15) is 0 Å². The van der Waals surface area contributed by atoms with Crippen LogP contribution in [-0.2, 0) is 11.2 Å². The number of carbonyl (C=O) groups is 2. The summed E-state index contributed by atoms with van der Waals surface area (Å²) in [5, 5.41) is 10.9. The molecule has 0 bridgehead atoms. The lowest BCUT2D eigenvalue weighted by Gasteiger charge is -2.19. The third-order valence-electron chi connectivity index (χ3n) is 4.35. The van der Waals surface area contributed by atoms with Gasteiger partial charge in [-0.1, -0.05) is 16.8 Å². The van der Waals surface area contributed by atoms with Crippen LogP contribution in [0.15, 0.2) is 39.5 Å². The molecule has 0 aliphatic rings. The van der Waals surface area contributed by atoms with E-state index in [1.807, 2.05) is 30.7 Å². The van der Waals surface area contributed by atoms with E-state index in [4.69, 9.17) is 16.1 Å². The molecule has 2 aromatic heterocycles. The van der Waals surface area contributed by atoms with Crippen LogP contribution in [-0.4, -0.2) is 39.9 Å². The number of halogens is 1. The second kappa shape index (κ2) is 9.67. The van der Waals surface area contributed by atoms with Crippen LogP contribution in [0.5, 0.6) is 0 Å². The Morgan fingerprint density at radius 2 is 2.03 bits per heavy atom. The van der Waals surface area contributed by atoms with Crippen molar-refractivity contribution in [3.8, 4) is 11.4 Å². The van der Waals surface area contributed by atoms with Gasteiger partial charge in [0.15, 0.2) is 0 Å². The minimum Gasteiger partial charge on any atom is -0.339 e. The number of rotatable bonds is 8. The number of benzene rings is 1.